The van der Waals surface area contributed by atoms with Gasteiger partial charge in [0.15, 0.2) is 5.96 Å². The molecule has 0 amide bonds. The molecule has 0 bridgehead atoms. The fourth-order valence-corrected chi connectivity index (χ4v) is 4.18. The summed E-state index contributed by atoms with van der Waals surface area (Å²) in [6, 6.07) is 13.3. The highest BCUT2D eigenvalue weighted by Gasteiger charge is 2.16. The topological polar surface area (TPSA) is 73.8 Å². The standard InChI is InChI=1S/C20H28N4O2S2.HI/c1-15-6-9-17(19(12-15)27-5)14-23-20(21-2)22-13-16-7-10-18(11-8-16)28(25,26)24(3)4;/h6-12H,13-14H2,1-5H3,(H2,21,22,23);1H. The number of aliphatic imine (C=N–C) groups is 1. The zero-order valence-corrected chi connectivity index (χ0v) is 21.4. The molecule has 2 aromatic rings. The molecule has 9 heteroatoms. The van der Waals surface area contributed by atoms with Crippen molar-refractivity contribution >= 4 is 51.7 Å². The summed E-state index contributed by atoms with van der Waals surface area (Å²) in [5.41, 5.74) is 3.44. The summed E-state index contributed by atoms with van der Waals surface area (Å²) in [5, 5.41) is 6.58. The maximum atomic E-state index is 12.1. The highest BCUT2D eigenvalue weighted by Crippen LogP contribution is 2.21. The van der Waals surface area contributed by atoms with Crippen LogP contribution >= 0.6 is 35.7 Å². The number of guanidine groups is 1. The Balaban J connectivity index is 0.00000420. The van der Waals surface area contributed by atoms with Crippen LogP contribution in [0.1, 0.15) is 16.7 Å². The van der Waals surface area contributed by atoms with E-state index in [1.165, 1.54) is 34.4 Å². The van der Waals surface area contributed by atoms with Crippen LogP contribution in [0, 0.1) is 6.92 Å². The first-order chi connectivity index (χ1) is 13.3. The Morgan fingerprint density at radius 1 is 1.07 bits per heavy atom. The molecular weight excluding hydrogens is 519 g/mol. The van der Waals surface area contributed by atoms with Gasteiger partial charge in [0.2, 0.25) is 10.0 Å². The zero-order chi connectivity index (χ0) is 20.7. The van der Waals surface area contributed by atoms with Gasteiger partial charge in [-0.1, -0.05) is 24.3 Å². The lowest BCUT2D eigenvalue weighted by Crippen LogP contribution is -2.36. The van der Waals surface area contributed by atoms with Crippen LogP contribution in [0.2, 0.25) is 0 Å². The Bertz CT molecular complexity index is 930. The Hall–Kier alpha value is -1.30. The molecular formula is C20H29IN4O2S2. The maximum absolute atomic E-state index is 12.1. The van der Waals surface area contributed by atoms with Crippen LogP contribution < -0.4 is 10.6 Å². The van der Waals surface area contributed by atoms with Gasteiger partial charge in [0.1, 0.15) is 0 Å². The van der Waals surface area contributed by atoms with Gasteiger partial charge in [0, 0.05) is 39.1 Å². The quantitative estimate of drug-likeness (QED) is 0.240. The average molecular weight is 549 g/mol. The fraction of sp³-hybridized carbons (Fsp3) is 0.350. The second-order valence-corrected chi connectivity index (χ2v) is 9.53. The van der Waals surface area contributed by atoms with E-state index >= 15 is 0 Å². The van der Waals surface area contributed by atoms with Gasteiger partial charge in [-0.3, -0.25) is 4.99 Å². The van der Waals surface area contributed by atoms with Crippen LogP contribution in [0.4, 0.5) is 0 Å². The van der Waals surface area contributed by atoms with Crippen molar-refractivity contribution in [2.75, 3.05) is 27.4 Å². The van der Waals surface area contributed by atoms with Crippen LogP contribution in [-0.2, 0) is 23.1 Å². The molecule has 160 valence electrons. The summed E-state index contributed by atoms with van der Waals surface area (Å²) in [4.78, 5) is 5.79. The number of nitrogens with zero attached hydrogens (tertiary/aromatic N) is 2. The fourth-order valence-electron chi connectivity index (χ4n) is 2.57. The van der Waals surface area contributed by atoms with Gasteiger partial charge in [-0.25, -0.2) is 12.7 Å². The summed E-state index contributed by atoms with van der Waals surface area (Å²) in [7, 11) is 1.37. The van der Waals surface area contributed by atoms with E-state index < -0.39 is 10.0 Å². The van der Waals surface area contributed by atoms with Gasteiger partial charge in [-0.15, -0.1) is 35.7 Å². The highest BCUT2D eigenvalue weighted by molar-refractivity contribution is 14.0. The molecule has 0 atom stereocenters. The first-order valence-corrected chi connectivity index (χ1v) is 11.5. The van der Waals surface area contributed by atoms with Crippen molar-refractivity contribution < 1.29 is 8.42 Å². The maximum Gasteiger partial charge on any atom is 0.242 e. The van der Waals surface area contributed by atoms with Crippen LogP contribution in [-0.4, -0.2) is 46.1 Å². The van der Waals surface area contributed by atoms with Crippen molar-refractivity contribution in [2.45, 2.75) is 29.8 Å². The van der Waals surface area contributed by atoms with Crippen LogP contribution in [0.5, 0.6) is 0 Å². The third-order valence-electron chi connectivity index (χ3n) is 4.27. The summed E-state index contributed by atoms with van der Waals surface area (Å²) in [6.45, 7) is 3.31. The number of thioether (sulfide) groups is 1. The number of halogens is 1. The van der Waals surface area contributed by atoms with Crippen molar-refractivity contribution in [3.05, 3.63) is 59.2 Å². The van der Waals surface area contributed by atoms with Gasteiger partial charge in [0.25, 0.3) is 0 Å². The van der Waals surface area contributed by atoms with E-state index in [1.807, 2.05) is 12.1 Å². The normalized spacial score (nSPS) is 11.9. The minimum Gasteiger partial charge on any atom is -0.352 e. The van der Waals surface area contributed by atoms with Crippen LogP contribution in [0.25, 0.3) is 0 Å². The van der Waals surface area contributed by atoms with Gasteiger partial charge in [-0.2, -0.15) is 0 Å². The van der Waals surface area contributed by atoms with Crippen LogP contribution in [0.15, 0.2) is 57.2 Å². The molecule has 6 nitrogen and oxygen atoms in total. The van der Waals surface area contributed by atoms with Crippen LogP contribution in [0.3, 0.4) is 0 Å². The molecule has 0 saturated heterocycles. The van der Waals surface area contributed by atoms with Crippen molar-refractivity contribution in [3.8, 4) is 0 Å². The largest absolute Gasteiger partial charge is 0.352 e. The summed E-state index contributed by atoms with van der Waals surface area (Å²) < 4.78 is 25.5. The molecule has 0 unspecified atom stereocenters. The predicted octanol–water partition coefficient (Wildman–Crippen LogP) is 3.45. The van der Waals surface area contributed by atoms with E-state index in [9.17, 15) is 8.42 Å². The first-order valence-electron chi connectivity index (χ1n) is 8.87. The molecule has 0 radical (unpaired) electrons. The average Bonchev–Trinajstić information content (AvgIpc) is 2.69. The van der Waals surface area contributed by atoms with E-state index in [4.69, 9.17) is 0 Å². The molecule has 0 aliphatic carbocycles. The van der Waals surface area contributed by atoms with Crippen molar-refractivity contribution in [1.29, 1.82) is 0 Å². The third-order valence-corrected chi connectivity index (χ3v) is 6.92. The molecule has 0 saturated carbocycles. The Labute approximate surface area is 195 Å². The molecule has 29 heavy (non-hydrogen) atoms. The predicted molar refractivity (Wildman–Crippen MR) is 133 cm³/mol. The van der Waals surface area contributed by atoms with Crippen molar-refractivity contribution in [3.63, 3.8) is 0 Å². The number of hydrogen-bond acceptors (Lipinski definition) is 4. The molecule has 0 aromatic heterocycles. The highest BCUT2D eigenvalue weighted by atomic mass is 127. The summed E-state index contributed by atoms with van der Waals surface area (Å²) >= 11 is 1.73. The van der Waals surface area contributed by atoms with Crippen molar-refractivity contribution in [2.24, 2.45) is 4.99 Å². The van der Waals surface area contributed by atoms with Gasteiger partial charge >= 0.3 is 0 Å². The van der Waals surface area contributed by atoms with E-state index in [-0.39, 0.29) is 28.9 Å². The number of sulfonamides is 1. The lowest BCUT2D eigenvalue weighted by molar-refractivity contribution is 0.520. The minimum atomic E-state index is -3.40. The monoisotopic (exact) mass is 548 g/mol. The number of aryl methyl sites for hydroxylation is 1. The van der Waals surface area contributed by atoms with E-state index in [1.54, 1.807) is 30.9 Å². The zero-order valence-electron chi connectivity index (χ0n) is 17.4. The number of nitrogens with one attached hydrogen (secondary N) is 2. The lowest BCUT2D eigenvalue weighted by atomic mass is 10.1. The molecule has 0 heterocycles. The molecule has 0 fully saturated rings. The van der Waals surface area contributed by atoms with E-state index in [0.29, 0.717) is 19.0 Å². The SMILES string of the molecule is CN=C(NCc1ccc(S(=O)(=O)N(C)C)cc1)NCc1ccc(C)cc1SC.I. The molecule has 2 aromatic carbocycles. The number of rotatable bonds is 7. The molecule has 0 spiro atoms. The van der Waals surface area contributed by atoms with Gasteiger partial charge in [-0.05, 0) is 48.1 Å². The molecule has 2 N–H and O–H groups in total. The number of hydrogen-bond donors (Lipinski definition) is 2. The Morgan fingerprint density at radius 3 is 2.24 bits per heavy atom. The second kappa shape index (κ2) is 11.8. The first kappa shape index (κ1) is 25.7. The Kier molecular flexibility index (Phi) is 10.4. The molecule has 0 aliphatic heterocycles. The van der Waals surface area contributed by atoms with Gasteiger partial charge in [0.05, 0.1) is 4.90 Å². The Morgan fingerprint density at radius 2 is 1.69 bits per heavy atom. The van der Waals surface area contributed by atoms with E-state index in [2.05, 4.69) is 47.0 Å². The second-order valence-electron chi connectivity index (χ2n) is 6.53. The molecule has 2 rings (SSSR count). The van der Waals surface area contributed by atoms with Gasteiger partial charge < -0.3 is 10.6 Å². The lowest BCUT2D eigenvalue weighted by Gasteiger charge is -2.15. The van der Waals surface area contributed by atoms with E-state index in [0.717, 1.165) is 5.56 Å². The smallest absolute Gasteiger partial charge is 0.242 e. The third kappa shape index (κ3) is 7.16. The summed E-state index contributed by atoms with van der Waals surface area (Å²) in [5.74, 6) is 0.692. The number of benzene rings is 2. The summed E-state index contributed by atoms with van der Waals surface area (Å²) in [6.07, 6.45) is 2.07. The van der Waals surface area contributed by atoms with Crippen molar-refractivity contribution in [1.82, 2.24) is 14.9 Å². The molecule has 0 aliphatic rings. The minimum absolute atomic E-state index is 0.